The first-order valence-corrected chi connectivity index (χ1v) is 8.07. The summed E-state index contributed by atoms with van der Waals surface area (Å²) in [7, 11) is 0. The topological polar surface area (TPSA) is 98.5 Å². The standard InChI is InChI=1S/C16H12FIN2O5/c1-9(25-16(22)10-3-2-4-11(18)7-10)15(21)19-12-5-6-13(17)14(8-12)20(23)24/h2-9H,1H3,(H,19,21). The van der Waals surface area contributed by atoms with Crippen molar-refractivity contribution in [3.8, 4) is 0 Å². The highest BCUT2D eigenvalue weighted by Gasteiger charge is 2.21. The lowest BCUT2D eigenvalue weighted by molar-refractivity contribution is -0.387. The molecule has 0 aliphatic rings. The molecule has 2 aromatic carbocycles. The van der Waals surface area contributed by atoms with Gasteiger partial charge < -0.3 is 10.1 Å². The molecule has 1 amide bonds. The summed E-state index contributed by atoms with van der Waals surface area (Å²) in [5.41, 5.74) is -0.444. The Kier molecular flexibility index (Phi) is 6.02. The molecule has 2 rings (SSSR count). The zero-order valence-corrected chi connectivity index (χ0v) is 15.0. The van der Waals surface area contributed by atoms with E-state index in [9.17, 15) is 24.1 Å². The molecular formula is C16H12FIN2O5. The second-order valence-electron chi connectivity index (χ2n) is 4.97. The molecule has 1 unspecified atom stereocenters. The van der Waals surface area contributed by atoms with Gasteiger partial charge in [-0.25, -0.2) is 4.79 Å². The van der Waals surface area contributed by atoms with Crippen LogP contribution >= 0.6 is 22.6 Å². The quantitative estimate of drug-likeness (QED) is 0.320. The highest BCUT2D eigenvalue weighted by molar-refractivity contribution is 14.1. The smallest absolute Gasteiger partial charge is 0.338 e. The molecule has 0 spiro atoms. The first kappa shape index (κ1) is 18.8. The van der Waals surface area contributed by atoms with E-state index in [1.54, 1.807) is 24.3 Å². The van der Waals surface area contributed by atoms with Gasteiger partial charge in [0, 0.05) is 15.3 Å². The van der Waals surface area contributed by atoms with Crippen molar-refractivity contribution in [1.82, 2.24) is 0 Å². The number of rotatable bonds is 5. The van der Waals surface area contributed by atoms with Gasteiger partial charge in [0.05, 0.1) is 10.5 Å². The number of nitro groups is 1. The van der Waals surface area contributed by atoms with E-state index in [1.165, 1.54) is 13.0 Å². The molecular weight excluding hydrogens is 446 g/mol. The molecule has 0 saturated carbocycles. The summed E-state index contributed by atoms with van der Waals surface area (Å²) in [6.45, 7) is 1.36. The van der Waals surface area contributed by atoms with Gasteiger partial charge >= 0.3 is 11.7 Å². The summed E-state index contributed by atoms with van der Waals surface area (Å²) in [4.78, 5) is 33.9. The Labute approximate surface area is 155 Å². The largest absolute Gasteiger partial charge is 0.449 e. The summed E-state index contributed by atoms with van der Waals surface area (Å²) >= 11 is 2.04. The van der Waals surface area contributed by atoms with E-state index in [0.29, 0.717) is 5.56 Å². The highest BCUT2D eigenvalue weighted by Crippen LogP contribution is 2.22. The number of hydrogen-bond acceptors (Lipinski definition) is 5. The number of hydrogen-bond donors (Lipinski definition) is 1. The van der Waals surface area contributed by atoms with Crippen molar-refractivity contribution in [2.75, 3.05) is 5.32 Å². The fourth-order valence-corrected chi connectivity index (χ4v) is 2.41. The van der Waals surface area contributed by atoms with Crippen LogP contribution in [0.2, 0.25) is 0 Å². The van der Waals surface area contributed by atoms with Crippen molar-refractivity contribution in [3.63, 3.8) is 0 Å². The number of anilines is 1. The van der Waals surface area contributed by atoms with Crippen LogP contribution < -0.4 is 5.32 Å². The lowest BCUT2D eigenvalue weighted by Gasteiger charge is -2.13. The monoisotopic (exact) mass is 458 g/mol. The van der Waals surface area contributed by atoms with Crippen LogP contribution in [0.15, 0.2) is 42.5 Å². The van der Waals surface area contributed by atoms with Gasteiger partial charge in [0.15, 0.2) is 6.10 Å². The van der Waals surface area contributed by atoms with E-state index in [4.69, 9.17) is 4.74 Å². The van der Waals surface area contributed by atoms with Crippen molar-refractivity contribution >= 4 is 45.8 Å². The highest BCUT2D eigenvalue weighted by atomic mass is 127. The Morgan fingerprint density at radius 3 is 2.64 bits per heavy atom. The maximum atomic E-state index is 13.3. The van der Waals surface area contributed by atoms with Gasteiger partial charge in [-0.1, -0.05) is 6.07 Å². The van der Waals surface area contributed by atoms with Crippen LogP contribution in [0.1, 0.15) is 17.3 Å². The van der Waals surface area contributed by atoms with E-state index >= 15 is 0 Å². The van der Waals surface area contributed by atoms with Gasteiger partial charge in [-0.05, 0) is 59.8 Å². The lowest BCUT2D eigenvalue weighted by Crippen LogP contribution is -2.30. The van der Waals surface area contributed by atoms with Crippen LogP contribution in [-0.2, 0) is 9.53 Å². The summed E-state index contributed by atoms with van der Waals surface area (Å²) in [6.07, 6.45) is -1.14. The number of halogens is 2. The number of amides is 1. The molecule has 0 bridgehead atoms. The number of nitro benzene ring substituents is 1. The molecule has 1 atom stereocenters. The zero-order valence-electron chi connectivity index (χ0n) is 12.9. The summed E-state index contributed by atoms with van der Waals surface area (Å²) < 4.78 is 19.2. The van der Waals surface area contributed by atoms with Crippen molar-refractivity contribution < 1.29 is 23.6 Å². The van der Waals surface area contributed by atoms with E-state index in [0.717, 1.165) is 15.7 Å². The van der Waals surface area contributed by atoms with Crippen LogP contribution in [0.5, 0.6) is 0 Å². The molecule has 130 valence electrons. The molecule has 2 aromatic rings. The van der Waals surface area contributed by atoms with Crippen LogP contribution in [0.25, 0.3) is 0 Å². The van der Waals surface area contributed by atoms with Gasteiger partial charge in [-0.2, -0.15) is 4.39 Å². The Morgan fingerprint density at radius 1 is 1.28 bits per heavy atom. The average molecular weight is 458 g/mol. The van der Waals surface area contributed by atoms with Crippen molar-refractivity contribution in [1.29, 1.82) is 0 Å². The minimum Gasteiger partial charge on any atom is -0.449 e. The molecule has 0 aromatic heterocycles. The normalized spacial score (nSPS) is 11.5. The van der Waals surface area contributed by atoms with Gasteiger partial charge in [0.1, 0.15) is 0 Å². The van der Waals surface area contributed by atoms with Crippen LogP contribution in [0.3, 0.4) is 0 Å². The SMILES string of the molecule is CC(OC(=O)c1cccc(I)c1)C(=O)Nc1ccc(F)c([N+](=O)[O-])c1. The maximum absolute atomic E-state index is 13.3. The molecule has 0 saturated heterocycles. The predicted octanol–water partition coefficient (Wildman–Crippen LogP) is 3.52. The lowest BCUT2D eigenvalue weighted by atomic mass is 10.2. The fourth-order valence-electron chi connectivity index (χ4n) is 1.87. The number of nitrogens with one attached hydrogen (secondary N) is 1. The minimum absolute atomic E-state index is 0.0234. The Hall–Kier alpha value is -2.56. The van der Waals surface area contributed by atoms with E-state index in [-0.39, 0.29) is 5.69 Å². The summed E-state index contributed by atoms with van der Waals surface area (Å²) in [5.74, 6) is -2.38. The van der Waals surface area contributed by atoms with E-state index in [1.807, 2.05) is 22.6 Å². The number of esters is 1. The van der Waals surface area contributed by atoms with Crippen LogP contribution in [-0.4, -0.2) is 22.9 Å². The second kappa shape index (κ2) is 8.01. The third-order valence-corrected chi connectivity index (χ3v) is 3.79. The van der Waals surface area contributed by atoms with Crippen molar-refractivity contribution in [2.24, 2.45) is 0 Å². The van der Waals surface area contributed by atoms with Crippen LogP contribution in [0.4, 0.5) is 15.8 Å². The number of ether oxygens (including phenoxy) is 1. The molecule has 0 radical (unpaired) electrons. The molecule has 25 heavy (non-hydrogen) atoms. The Bertz CT molecular complexity index is 843. The number of carbonyl (C=O) groups excluding carboxylic acids is 2. The minimum atomic E-state index is -1.14. The first-order chi connectivity index (χ1) is 11.8. The molecule has 0 aliphatic carbocycles. The van der Waals surface area contributed by atoms with Gasteiger partial charge in [0.2, 0.25) is 5.82 Å². The number of carbonyl (C=O) groups is 2. The van der Waals surface area contributed by atoms with E-state index < -0.39 is 34.4 Å². The molecule has 9 heteroatoms. The Morgan fingerprint density at radius 2 is 2.00 bits per heavy atom. The zero-order chi connectivity index (χ0) is 18.6. The average Bonchev–Trinajstić information content (AvgIpc) is 2.56. The van der Waals surface area contributed by atoms with Gasteiger partial charge in [0.25, 0.3) is 5.91 Å². The molecule has 1 N–H and O–H groups in total. The maximum Gasteiger partial charge on any atom is 0.338 e. The molecule has 0 aliphatic heterocycles. The van der Waals surface area contributed by atoms with Crippen molar-refractivity contribution in [2.45, 2.75) is 13.0 Å². The van der Waals surface area contributed by atoms with Gasteiger partial charge in [-0.3, -0.25) is 14.9 Å². The summed E-state index contributed by atoms with van der Waals surface area (Å²) in [6, 6.07) is 9.58. The Balaban J connectivity index is 2.04. The molecule has 7 nitrogen and oxygen atoms in total. The van der Waals surface area contributed by atoms with Crippen molar-refractivity contribution in [3.05, 3.63) is 67.5 Å². The summed E-state index contributed by atoms with van der Waals surface area (Å²) in [5, 5.41) is 13.1. The van der Waals surface area contributed by atoms with E-state index in [2.05, 4.69) is 5.32 Å². The third kappa shape index (κ3) is 4.95. The fraction of sp³-hybridized carbons (Fsp3) is 0.125. The first-order valence-electron chi connectivity index (χ1n) is 6.99. The predicted molar refractivity (Wildman–Crippen MR) is 95.7 cm³/mol. The molecule has 0 heterocycles. The number of benzene rings is 2. The van der Waals surface area contributed by atoms with Gasteiger partial charge in [-0.15, -0.1) is 0 Å². The number of nitrogens with zero attached hydrogens (tertiary/aromatic N) is 1. The second-order valence-corrected chi connectivity index (χ2v) is 6.22. The third-order valence-electron chi connectivity index (χ3n) is 3.12. The molecule has 0 fully saturated rings. The van der Waals surface area contributed by atoms with Crippen LogP contribution in [0, 0.1) is 19.5 Å².